The van der Waals surface area contributed by atoms with Gasteiger partial charge in [0.1, 0.15) is 0 Å². The summed E-state index contributed by atoms with van der Waals surface area (Å²) in [6.07, 6.45) is 2.95. The molecule has 100 valence electrons. The molecule has 0 bridgehead atoms. The Bertz CT molecular complexity index is 589. The molecule has 2 heterocycles. The summed E-state index contributed by atoms with van der Waals surface area (Å²) < 4.78 is 1.40. The number of pyridine rings is 1. The minimum atomic E-state index is -0.319. The predicted octanol–water partition coefficient (Wildman–Crippen LogP) is 1.15. The van der Waals surface area contributed by atoms with Gasteiger partial charge in [-0.1, -0.05) is 0 Å². The van der Waals surface area contributed by atoms with Gasteiger partial charge in [-0.05, 0) is 25.8 Å². The largest absolute Gasteiger partial charge is 0.338 e. The van der Waals surface area contributed by atoms with Crippen molar-refractivity contribution in [1.29, 1.82) is 5.26 Å². The van der Waals surface area contributed by atoms with Crippen LogP contribution in [0, 0.1) is 16.7 Å². The summed E-state index contributed by atoms with van der Waals surface area (Å²) in [5.74, 6) is -0.0735. The van der Waals surface area contributed by atoms with Gasteiger partial charge in [0.15, 0.2) is 0 Å². The Balaban J connectivity index is 2.12. The number of rotatable bonds is 1. The molecule has 1 aliphatic rings. The second kappa shape index (κ2) is 4.88. The van der Waals surface area contributed by atoms with Gasteiger partial charge in [-0.15, -0.1) is 0 Å². The zero-order chi connectivity index (χ0) is 14.0. The van der Waals surface area contributed by atoms with E-state index in [0.717, 1.165) is 0 Å². The van der Waals surface area contributed by atoms with Gasteiger partial charge in [0.25, 0.3) is 5.91 Å². The molecule has 1 amide bonds. The minimum Gasteiger partial charge on any atom is -0.338 e. The van der Waals surface area contributed by atoms with E-state index in [-0.39, 0.29) is 16.9 Å². The fourth-order valence-corrected chi connectivity index (χ4v) is 2.22. The summed E-state index contributed by atoms with van der Waals surface area (Å²) >= 11 is 0. The molecular weight excluding hydrogens is 242 g/mol. The van der Waals surface area contributed by atoms with Crippen molar-refractivity contribution >= 4 is 5.91 Å². The van der Waals surface area contributed by atoms with E-state index in [1.54, 1.807) is 24.2 Å². The summed E-state index contributed by atoms with van der Waals surface area (Å²) in [4.78, 5) is 25.3. The van der Waals surface area contributed by atoms with Gasteiger partial charge in [0.2, 0.25) is 5.56 Å². The Morgan fingerprint density at radius 1 is 1.37 bits per heavy atom. The number of amides is 1. The van der Waals surface area contributed by atoms with Crippen molar-refractivity contribution in [1.82, 2.24) is 9.47 Å². The molecule has 1 aromatic heterocycles. The van der Waals surface area contributed by atoms with Crippen molar-refractivity contribution in [3.05, 3.63) is 34.2 Å². The zero-order valence-corrected chi connectivity index (χ0v) is 11.2. The third-order valence-electron chi connectivity index (χ3n) is 3.76. The van der Waals surface area contributed by atoms with E-state index in [1.807, 2.05) is 6.92 Å². The minimum absolute atomic E-state index is 0.0735. The van der Waals surface area contributed by atoms with E-state index >= 15 is 0 Å². The molecule has 0 radical (unpaired) electrons. The van der Waals surface area contributed by atoms with Crippen LogP contribution in [0.5, 0.6) is 0 Å². The highest BCUT2D eigenvalue weighted by atomic mass is 16.2. The quantitative estimate of drug-likeness (QED) is 0.760. The number of nitrogens with zero attached hydrogens (tertiary/aromatic N) is 3. The van der Waals surface area contributed by atoms with Crippen LogP contribution >= 0.6 is 0 Å². The first-order valence-electron chi connectivity index (χ1n) is 6.32. The molecule has 1 saturated heterocycles. The molecule has 1 fully saturated rings. The number of aryl methyl sites for hydroxylation is 1. The molecule has 0 aliphatic carbocycles. The standard InChI is InChI=1S/C14H17N3O2/c1-14(10-15)5-7-17(8-6-14)13(19)11-3-4-12(18)16(2)9-11/h3-4,9H,5-8H2,1-2H3. The molecule has 19 heavy (non-hydrogen) atoms. The number of carbonyl (C=O) groups is 1. The Morgan fingerprint density at radius 3 is 2.53 bits per heavy atom. The molecule has 0 aromatic carbocycles. The first-order valence-corrected chi connectivity index (χ1v) is 6.32. The van der Waals surface area contributed by atoms with E-state index in [9.17, 15) is 9.59 Å². The summed E-state index contributed by atoms with van der Waals surface area (Å²) in [6.45, 7) is 3.11. The average molecular weight is 259 g/mol. The Labute approximate surface area is 112 Å². The third kappa shape index (κ3) is 2.68. The van der Waals surface area contributed by atoms with Crippen LogP contribution in [-0.2, 0) is 7.05 Å². The number of carbonyl (C=O) groups excluding carboxylic acids is 1. The maximum Gasteiger partial charge on any atom is 0.255 e. The predicted molar refractivity (Wildman–Crippen MR) is 70.5 cm³/mol. The third-order valence-corrected chi connectivity index (χ3v) is 3.76. The van der Waals surface area contributed by atoms with Gasteiger partial charge in [-0.3, -0.25) is 9.59 Å². The van der Waals surface area contributed by atoms with Gasteiger partial charge in [0, 0.05) is 32.4 Å². The number of hydrogen-bond acceptors (Lipinski definition) is 3. The van der Waals surface area contributed by atoms with Crippen molar-refractivity contribution in [2.45, 2.75) is 19.8 Å². The lowest BCUT2D eigenvalue weighted by atomic mass is 9.82. The summed E-state index contributed by atoms with van der Waals surface area (Å²) in [5, 5.41) is 9.07. The molecular formula is C14H17N3O2. The zero-order valence-electron chi connectivity index (χ0n) is 11.2. The number of piperidine rings is 1. The maximum absolute atomic E-state index is 12.3. The van der Waals surface area contributed by atoms with E-state index in [4.69, 9.17) is 5.26 Å². The highest BCUT2D eigenvalue weighted by molar-refractivity contribution is 5.94. The monoisotopic (exact) mass is 259 g/mol. The average Bonchev–Trinajstić information content (AvgIpc) is 2.42. The van der Waals surface area contributed by atoms with E-state index in [0.29, 0.717) is 31.5 Å². The van der Waals surface area contributed by atoms with E-state index < -0.39 is 0 Å². The van der Waals surface area contributed by atoms with Crippen LogP contribution in [-0.4, -0.2) is 28.5 Å². The molecule has 1 aliphatic heterocycles. The van der Waals surface area contributed by atoms with E-state index in [1.165, 1.54) is 10.6 Å². The maximum atomic E-state index is 12.3. The lowest BCUT2D eigenvalue weighted by Gasteiger charge is -2.34. The van der Waals surface area contributed by atoms with Crippen molar-refractivity contribution in [2.24, 2.45) is 12.5 Å². The molecule has 2 rings (SSSR count). The van der Waals surface area contributed by atoms with Crippen LogP contribution in [0.25, 0.3) is 0 Å². The van der Waals surface area contributed by atoms with Gasteiger partial charge in [-0.2, -0.15) is 5.26 Å². The number of likely N-dealkylation sites (tertiary alicyclic amines) is 1. The first kappa shape index (κ1) is 13.3. The van der Waals surface area contributed by atoms with Gasteiger partial charge in [-0.25, -0.2) is 0 Å². The molecule has 0 unspecified atom stereocenters. The van der Waals surface area contributed by atoms with Gasteiger partial charge in [0.05, 0.1) is 17.0 Å². The van der Waals surface area contributed by atoms with Crippen LogP contribution < -0.4 is 5.56 Å². The molecule has 0 atom stereocenters. The number of hydrogen-bond donors (Lipinski definition) is 0. The SMILES string of the molecule is Cn1cc(C(=O)N2CCC(C)(C#N)CC2)ccc1=O. The topological polar surface area (TPSA) is 66.1 Å². The van der Waals surface area contributed by atoms with Crippen molar-refractivity contribution in [3.8, 4) is 6.07 Å². The summed E-state index contributed by atoms with van der Waals surface area (Å²) in [6, 6.07) is 5.27. The van der Waals surface area contributed by atoms with Crippen LogP contribution in [0.3, 0.4) is 0 Å². The number of aromatic nitrogens is 1. The summed E-state index contributed by atoms with van der Waals surface area (Å²) in [7, 11) is 1.63. The van der Waals surface area contributed by atoms with Crippen molar-refractivity contribution in [3.63, 3.8) is 0 Å². The normalized spacial score (nSPS) is 17.8. The van der Waals surface area contributed by atoms with Crippen molar-refractivity contribution in [2.75, 3.05) is 13.1 Å². The number of nitriles is 1. The Morgan fingerprint density at radius 2 is 2.00 bits per heavy atom. The fourth-order valence-electron chi connectivity index (χ4n) is 2.22. The molecule has 1 aromatic rings. The van der Waals surface area contributed by atoms with Crippen LogP contribution in [0.4, 0.5) is 0 Å². The second-order valence-corrected chi connectivity index (χ2v) is 5.33. The van der Waals surface area contributed by atoms with E-state index in [2.05, 4.69) is 6.07 Å². The van der Waals surface area contributed by atoms with Gasteiger partial charge >= 0.3 is 0 Å². The molecule has 0 saturated carbocycles. The van der Waals surface area contributed by atoms with Crippen LogP contribution in [0.1, 0.15) is 30.1 Å². The van der Waals surface area contributed by atoms with Gasteiger partial charge < -0.3 is 9.47 Å². The molecule has 5 heteroatoms. The molecule has 0 spiro atoms. The fraction of sp³-hybridized carbons (Fsp3) is 0.500. The van der Waals surface area contributed by atoms with Crippen LogP contribution in [0.2, 0.25) is 0 Å². The highest BCUT2D eigenvalue weighted by Crippen LogP contribution is 2.30. The van der Waals surface area contributed by atoms with Crippen LogP contribution in [0.15, 0.2) is 23.1 Å². The lowest BCUT2D eigenvalue weighted by Crippen LogP contribution is -2.41. The first-order chi connectivity index (χ1) is 8.95. The summed E-state index contributed by atoms with van der Waals surface area (Å²) in [5.41, 5.74) is 0.0651. The highest BCUT2D eigenvalue weighted by Gasteiger charge is 2.32. The Hall–Kier alpha value is -2.09. The smallest absolute Gasteiger partial charge is 0.255 e. The lowest BCUT2D eigenvalue weighted by molar-refractivity contribution is 0.0661. The molecule has 0 N–H and O–H groups in total. The van der Waals surface area contributed by atoms with Crippen molar-refractivity contribution < 1.29 is 4.79 Å². The molecule has 5 nitrogen and oxygen atoms in total. The second-order valence-electron chi connectivity index (χ2n) is 5.33. The Kier molecular flexibility index (Phi) is 3.43.